The average molecular weight is 434 g/mol. The molecule has 7 nitrogen and oxygen atoms in total. The van der Waals surface area contributed by atoms with Gasteiger partial charge in [-0.1, -0.05) is 35.9 Å². The lowest BCUT2D eigenvalue weighted by Gasteiger charge is -2.22. The van der Waals surface area contributed by atoms with Crippen LogP contribution in [-0.2, 0) is 4.79 Å². The van der Waals surface area contributed by atoms with Gasteiger partial charge in [-0.05, 0) is 42.0 Å². The number of rotatable bonds is 4. The van der Waals surface area contributed by atoms with E-state index in [0.717, 1.165) is 10.5 Å². The predicted octanol–water partition coefficient (Wildman–Crippen LogP) is 3.91. The maximum Gasteiger partial charge on any atom is 0.263 e. The Kier molecular flexibility index (Phi) is 4.67. The maximum absolute atomic E-state index is 13.2. The molecule has 0 unspecified atom stereocenters. The summed E-state index contributed by atoms with van der Waals surface area (Å²) in [6.07, 6.45) is 1.96. The van der Waals surface area contributed by atoms with Crippen molar-refractivity contribution in [2.45, 2.75) is 12.5 Å². The SMILES string of the molecule is O=C1c2ccccc2C(=O)N1CC(=O)N1N=C(c2ccc(Cl)cc2)C[C@@H]1c1ccco1. The summed E-state index contributed by atoms with van der Waals surface area (Å²) < 4.78 is 5.53. The highest BCUT2D eigenvalue weighted by Gasteiger charge is 2.40. The molecule has 3 amide bonds. The van der Waals surface area contributed by atoms with E-state index >= 15 is 0 Å². The van der Waals surface area contributed by atoms with E-state index in [1.165, 1.54) is 11.3 Å². The number of furan rings is 1. The summed E-state index contributed by atoms with van der Waals surface area (Å²) in [5.41, 5.74) is 2.12. The molecule has 2 aliphatic heterocycles. The standard InChI is InChI=1S/C23H16ClN3O4/c24-15-9-7-14(8-10-15)18-12-19(20-6-3-11-31-20)27(25-18)21(28)13-26-22(29)16-4-1-2-5-17(16)23(26)30/h1-11,19H,12-13H2/t19-/m1/s1. The smallest absolute Gasteiger partial charge is 0.263 e. The van der Waals surface area contributed by atoms with E-state index < -0.39 is 30.3 Å². The van der Waals surface area contributed by atoms with Crippen LogP contribution in [0.25, 0.3) is 0 Å². The van der Waals surface area contributed by atoms with E-state index in [2.05, 4.69) is 5.10 Å². The van der Waals surface area contributed by atoms with Crippen molar-refractivity contribution in [3.8, 4) is 0 Å². The van der Waals surface area contributed by atoms with Crippen molar-refractivity contribution < 1.29 is 18.8 Å². The highest BCUT2D eigenvalue weighted by molar-refractivity contribution is 6.30. The zero-order valence-electron chi connectivity index (χ0n) is 16.2. The van der Waals surface area contributed by atoms with Crippen LogP contribution in [0.5, 0.6) is 0 Å². The van der Waals surface area contributed by atoms with Gasteiger partial charge in [0.1, 0.15) is 18.3 Å². The van der Waals surface area contributed by atoms with Gasteiger partial charge in [0, 0.05) is 11.4 Å². The fraction of sp³-hybridized carbons (Fsp3) is 0.130. The Labute approximate surface area is 182 Å². The van der Waals surface area contributed by atoms with Crippen molar-refractivity contribution in [2.24, 2.45) is 5.10 Å². The van der Waals surface area contributed by atoms with Gasteiger partial charge in [-0.25, -0.2) is 5.01 Å². The highest BCUT2D eigenvalue weighted by Crippen LogP contribution is 2.34. The van der Waals surface area contributed by atoms with Crippen LogP contribution in [0.1, 0.15) is 44.5 Å². The van der Waals surface area contributed by atoms with Gasteiger partial charge < -0.3 is 4.42 Å². The van der Waals surface area contributed by atoms with Crippen LogP contribution in [0.3, 0.4) is 0 Å². The second kappa shape index (κ2) is 7.52. The molecule has 0 saturated carbocycles. The monoisotopic (exact) mass is 433 g/mol. The summed E-state index contributed by atoms with van der Waals surface area (Å²) in [5.74, 6) is -0.863. The number of carbonyl (C=O) groups is 3. The molecule has 8 heteroatoms. The highest BCUT2D eigenvalue weighted by atomic mass is 35.5. The normalized spacial score (nSPS) is 17.8. The quantitative estimate of drug-likeness (QED) is 0.584. The number of carbonyl (C=O) groups excluding carboxylic acids is 3. The Morgan fingerprint density at radius 3 is 2.29 bits per heavy atom. The molecule has 0 N–H and O–H groups in total. The van der Waals surface area contributed by atoms with Crippen molar-refractivity contribution in [2.75, 3.05) is 6.54 Å². The molecule has 0 radical (unpaired) electrons. The second-order valence-electron chi connectivity index (χ2n) is 7.27. The number of halogens is 1. The van der Waals surface area contributed by atoms with Gasteiger partial charge in [0.25, 0.3) is 17.7 Å². The molecule has 2 aliphatic rings. The van der Waals surface area contributed by atoms with Crippen LogP contribution >= 0.6 is 11.6 Å². The number of fused-ring (bicyclic) bond motifs is 1. The Hall–Kier alpha value is -3.71. The van der Waals surface area contributed by atoms with Gasteiger partial charge in [-0.15, -0.1) is 0 Å². The van der Waals surface area contributed by atoms with Crippen LogP contribution in [-0.4, -0.2) is 39.9 Å². The molecule has 5 rings (SSSR count). The van der Waals surface area contributed by atoms with E-state index in [1.54, 1.807) is 48.5 Å². The van der Waals surface area contributed by atoms with Gasteiger partial charge in [0.05, 0.1) is 23.1 Å². The zero-order valence-corrected chi connectivity index (χ0v) is 17.0. The van der Waals surface area contributed by atoms with Crippen molar-refractivity contribution in [1.29, 1.82) is 0 Å². The third-order valence-corrected chi connectivity index (χ3v) is 5.64. The van der Waals surface area contributed by atoms with Gasteiger partial charge in [-0.2, -0.15) is 5.10 Å². The van der Waals surface area contributed by atoms with Crippen molar-refractivity contribution >= 4 is 35.0 Å². The first-order chi connectivity index (χ1) is 15.0. The third-order valence-electron chi connectivity index (χ3n) is 5.39. The Morgan fingerprint density at radius 1 is 1.00 bits per heavy atom. The van der Waals surface area contributed by atoms with E-state index in [0.29, 0.717) is 34.0 Å². The molecule has 3 heterocycles. The Morgan fingerprint density at radius 2 is 1.68 bits per heavy atom. The average Bonchev–Trinajstić information content (AvgIpc) is 3.51. The lowest BCUT2D eigenvalue weighted by molar-refractivity contribution is -0.133. The molecule has 2 aromatic carbocycles. The first kappa shape index (κ1) is 19.3. The molecule has 154 valence electrons. The predicted molar refractivity (Wildman–Crippen MR) is 113 cm³/mol. The van der Waals surface area contributed by atoms with Crippen LogP contribution in [0.2, 0.25) is 5.02 Å². The third kappa shape index (κ3) is 3.33. The molecule has 1 atom stereocenters. The van der Waals surface area contributed by atoms with Crippen LogP contribution < -0.4 is 0 Å². The van der Waals surface area contributed by atoms with Gasteiger partial charge >= 0.3 is 0 Å². The number of benzene rings is 2. The lowest BCUT2D eigenvalue weighted by atomic mass is 10.0. The first-order valence-electron chi connectivity index (χ1n) is 9.67. The summed E-state index contributed by atoms with van der Waals surface area (Å²) in [7, 11) is 0. The summed E-state index contributed by atoms with van der Waals surface area (Å²) in [6.45, 7) is -0.402. The van der Waals surface area contributed by atoms with Gasteiger partial charge in [-0.3, -0.25) is 19.3 Å². The van der Waals surface area contributed by atoms with Crippen LogP contribution in [0.15, 0.2) is 76.4 Å². The molecule has 0 spiro atoms. The number of imide groups is 1. The van der Waals surface area contributed by atoms with E-state index in [9.17, 15) is 14.4 Å². The van der Waals surface area contributed by atoms with Crippen LogP contribution in [0.4, 0.5) is 0 Å². The zero-order chi connectivity index (χ0) is 21.5. The van der Waals surface area contributed by atoms with E-state index in [4.69, 9.17) is 16.0 Å². The summed E-state index contributed by atoms with van der Waals surface area (Å²) in [5, 5.41) is 6.41. The number of hydrogen-bond donors (Lipinski definition) is 0. The molecule has 3 aromatic rings. The fourth-order valence-corrected chi connectivity index (χ4v) is 3.98. The molecule has 31 heavy (non-hydrogen) atoms. The minimum Gasteiger partial charge on any atom is -0.467 e. The number of hydrazone groups is 1. The molecular formula is C23H16ClN3O4. The molecule has 0 bridgehead atoms. The largest absolute Gasteiger partial charge is 0.467 e. The van der Waals surface area contributed by atoms with Crippen molar-refractivity contribution in [1.82, 2.24) is 9.91 Å². The van der Waals surface area contributed by atoms with Crippen molar-refractivity contribution in [3.05, 3.63) is 94.4 Å². The van der Waals surface area contributed by atoms with E-state index in [-0.39, 0.29) is 0 Å². The van der Waals surface area contributed by atoms with Crippen LogP contribution in [0, 0.1) is 0 Å². The Balaban J connectivity index is 1.43. The second-order valence-corrected chi connectivity index (χ2v) is 7.71. The Bertz CT molecular complexity index is 1180. The van der Waals surface area contributed by atoms with E-state index in [1.807, 2.05) is 12.1 Å². The summed E-state index contributed by atoms with van der Waals surface area (Å²) >= 11 is 5.98. The molecule has 0 aliphatic carbocycles. The number of nitrogens with zero attached hydrogens (tertiary/aromatic N) is 3. The van der Waals surface area contributed by atoms with Crippen molar-refractivity contribution in [3.63, 3.8) is 0 Å². The first-order valence-corrected chi connectivity index (χ1v) is 10.0. The lowest BCUT2D eigenvalue weighted by Crippen LogP contribution is -2.41. The minimum absolute atomic E-state index is 0.301. The summed E-state index contributed by atoms with van der Waals surface area (Å²) in [6, 6.07) is 16.7. The molecule has 0 saturated heterocycles. The fourth-order valence-electron chi connectivity index (χ4n) is 3.85. The summed E-state index contributed by atoms with van der Waals surface area (Å²) in [4.78, 5) is 39.5. The minimum atomic E-state index is -0.482. The van der Waals surface area contributed by atoms with Gasteiger partial charge in [0.15, 0.2) is 0 Å². The van der Waals surface area contributed by atoms with Gasteiger partial charge in [0.2, 0.25) is 0 Å². The maximum atomic E-state index is 13.2. The number of hydrogen-bond acceptors (Lipinski definition) is 5. The number of amides is 3. The topological polar surface area (TPSA) is 83.2 Å². The molecule has 1 aromatic heterocycles. The molecule has 0 fully saturated rings. The molecular weight excluding hydrogens is 418 g/mol.